The van der Waals surface area contributed by atoms with Crippen LogP contribution in [0.4, 0.5) is 0 Å². The van der Waals surface area contributed by atoms with Crippen LogP contribution >= 0.6 is 0 Å². The smallest absolute Gasteiger partial charge is 0.0456 e. The summed E-state index contributed by atoms with van der Waals surface area (Å²) in [5, 5.41) is 4.86. The Bertz CT molecular complexity index is 683. The van der Waals surface area contributed by atoms with Gasteiger partial charge in [0, 0.05) is 23.6 Å². The predicted molar refractivity (Wildman–Crippen MR) is 84.9 cm³/mol. The molecule has 0 aliphatic heterocycles. The van der Waals surface area contributed by atoms with Gasteiger partial charge in [0.15, 0.2) is 0 Å². The van der Waals surface area contributed by atoms with E-state index >= 15 is 0 Å². The van der Waals surface area contributed by atoms with Crippen molar-refractivity contribution in [2.45, 2.75) is 19.9 Å². The number of aryl methyl sites for hydroxylation is 1. The zero-order valence-electron chi connectivity index (χ0n) is 11.8. The maximum atomic E-state index is 3.51. The topological polar surface area (TPSA) is 27.8 Å². The Hall–Kier alpha value is -2.06. The standard InChI is InChI=1S/C18H20N2/c1-14-7-8-18-17(11-14)16(13-20-18)9-10-19-12-15-5-3-2-4-6-15/h2-8,11,13,19-20H,9-10,12H2,1H3. The van der Waals surface area contributed by atoms with E-state index in [9.17, 15) is 0 Å². The molecule has 0 saturated carbocycles. The highest BCUT2D eigenvalue weighted by atomic mass is 14.8. The molecule has 3 rings (SSSR count). The molecule has 0 fully saturated rings. The van der Waals surface area contributed by atoms with Crippen molar-refractivity contribution in [1.29, 1.82) is 0 Å². The molecule has 0 aliphatic carbocycles. The van der Waals surface area contributed by atoms with E-state index < -0.39 is 0 Å². The molecule has 1 heterocycles. The van der Waals surface area contributed by atoms with E-state index in [1.807, 2.05) is 0 Å². The minimum Gasteiger partial charge on any atom is -0.361 e. The molecule has 2 heteroatoms. The summed E-state index contributed by atoms with van der Waals surface area (Å²) in [5.74, 6) is 0. The molecule has 0 radical (unpaired) electrons. The van der Waals surface area contributed by atoms with Crippen LogP contribution in [0.3, 0.4) is 0 Å². The quantitative estimate of drug-likeness (QED) is 0.674. The summed E-state index contributed by atoms with van der Waals surface area (Å²) in [6.45, 7) is 4.07. The normalized spacial score (nSPS) is 11.1. The Kier molecular flexibility index (Phi) is 3.84. The number of fused-ring (bicyclic) bond motifs is 1. The number of aromatic nitrogens is 1. The molecule has 0 atom stereocenters. The fourth-order valence-electron chi connectivity index (χ4n) is 2.55. The van der Waals surface area contributed by atoms with Crippen LogP contribution in [-0.4, -0.2) is 11.5 Å². The molecule has 2 N–H and O–H groups in total. The average Bonchev–Trinajstić information content (AvgIpc) is 2.87. The number of hydrogen-bond acceptors (Lipinski definition) is 1. The Morgan fingerprint density at radius 3 is 2.75 bits per heavy atom. The number of benzene rings is 2. The molecule has 2 aromatic carbocycles. The first kappa shape index (κ1) is 12.9. The van der Waals surface area contributed by atoms with Crippen LogP contribution in [0.2, 0.25) is 0 Å². The Labute approximate surface area is 119 Å². The van der Waals surface area contributed by atoms with Gasteiger partial charge in [0.05, 0.1) is 0 Å². The lowest BCUT2D eigenvalue weighted by Gasteiger charge is -2.04. The molecule has 20 heavy (non-hydrogen) atoms. The summed E-state index contributed by atoms with van der Waals surface area (Å²) in [6, 6.07) is 17.1. The van der Waals surface area contributed by atoms with E-state index in [1.54, 1.807) is 0 Å². The van der Waals surface area contributed by atoms with Gasteiger partial charge >= 0.3 is 0 Å². The van der Waals surface area contributed by atoms with Gasteiger partial charge < -0.3 is 10.3 Å². The first-order chi connectivity index (χ1) is 9.83. The van der Waals surface area contributed by atoms with Gasteiger partial charge in [0.2, 0.25) is 0 Å². The van der Waals surface area contributed by atoms with Gasteiger partial charge in [-0.3, -0.25) is 0 Å². The van der Waals surface area contributed by atoms with E-state index in [2.05, 4.69) is 72.0 Å². The highest BCUT2D eigenvalue weighted by Crippen LogP contribution is 2.19. The third-order valence-corrected chi connectivity index (χ3v) is 3.67. The summed E-state index contributed by atoms with van der Waals surface area (Å²) < 4.78 is 0. The van der Waals surface area contributed by atoms with Gasteiger partial charge in [-0.25, -0.2) is 0 Å². The van der Waals surface area contributed by atoms with E-state index in [1.165, 1.54) is 27.6 Å². The average molecular weight is 264 g/mol. The van der Waals surface area contributed by atoms with E-state index in [0.29, 0.717) is 0 Å². The van der Waals surface area contributed by atoms with Crippen molar-refractivity contribution in [2.24, 2.45) is 0 Å². The first-order valence-corrected chi connectivity index (χ1v) is 7.14. The second kappa shape index (κ2) is 5.93. The number of H-pyrrole nitrogens is 1. The monoisotopic (exact) mass is 264 g/mol. The number of nitrogens with one attached hydrogen (secondary N) is 2. The van der Waals surface area contributed by atoms with E-state index in [4.69, 9.17) is 0 Å². The van der Waals surface area contributed by atoms with Crippen molar-refractivity contribution in [3.63, 3.8) is 0 Å². The summed E-state index contributed by atoms with van der Waals surface area (Å²) in [7, 11) is 0. The molecular weight excluding hydrogens is 244 g/mol. The minimum absolute atomic E-state index is 0.933. The van der Waals surface area contributed by atoms with Crippen LogP contribution in [0.5, 0.6) is 0 Å². The van der Waals surface area contributed by atoms with Crippen molar-refractivity contribution < 1.29 is 0 Å². The van der Waals surface area contributed by atoms with Gasteiger partial charge in [-0.1, -0.05) is 42.0 Å². The molecule has 0 saturated heterocycles. The molecule has 3 aromatic rings. The fraction of sp³-hybridized carbons (Fsp3) is 0.222. The zero-order valence-corrected chi connectivity index (χ0v) is 11.8. The van der Waals surface area contributed by atoms with Crippen molar-refractivity contribution in [3.8, 4) is 0 Å². The van der Waals surface area contributed by atoms with Crippen LogP contribution in [-0.2, 0) is 13.0 Å². The van der Waals surface area contributed by atoms with Crippen LogP contribution < -0.4 is 5.32 Å². The van der Waals surface area contributed by atoms with Crippen molar-refractivity contribution in [3.05, 3.63) is 71.4 Å². The number of aromatic amines is 1. The lowest BCUT2D eigenvalue weighted by molar-refractivity contribution is 0.688. The van der Waals surface area contributed by atoms with Crippen LogP contribution in [0, 0.1) is 6.92 Å². The second-order valence-corrected chi connectivity index (χ2v) is 5.28. The molecule has 1 aromatic heterocycles. The predicted octanol–water partition coefficient (Wildman–Crippen LogP) is 3.81. The fourth-order valence-corrected chi connectivity index (χ4v) is 2.55. The van der Waals surface area contributed by atoms with Crippen LogP contribution in [0.25, 0.3) is 10.9 Å². The number of hydrogen-bond donors (Lipinski definition) is 2. The zero-order chi connectivity index (χ0) is 13.8. The summed E-state index contributed by atoms with van der Waals surface area (Å²) in [4.78, 5) is 3.35. The van der Waals surface area contributed by atoms with Gasteiger partial charge in [-0.05, 0) is 43.1 Å². The number of rotatable bonds is 5. The third-order valence-electron chi connectivity index (χ3n) is 3.67. The molecule has 2 nitrogen and oxygen atoms in total. The molecule has 0 spiro atoms. The van der Waals surface area contributed by atoms with E-state index in [-0.39, 0.29) is 0 Å². The Morgan fingerprint density at radius 2 is 1.90 bits per heavy atom. The Morgan fingerprint density at radius 1 is 1.05 bits per heavy atom. The van der Waals surface area contributed by atoms with Gasteiger partial charge in [-0.2, -0.15) is 0 Å². The lowest BCUT2D eigenvalue weighted by atomic mass is 10.1. The third kappa shape index (κ3) is 2.91. The summed E-state index contributed by atoms with van der Waals surface area (Å²) >= 11 is 0. The maximum absolute atomic E-state index is 3.51. The van der Waals surface area contributed by atoms with E-state index in [0.717, 1.165) is 19.5 Å². The Balaban J connectivity index is 1.59. The SMILES string of the molecule is Cc1ccc2[nH]cc(CCNCc3ccccc3)c2c1. The molecule has 102 valence electrons. The molecule has 0 aliphatic rings. The van der Waals surface area contributed by atoms with Gasteiger partial charge in [0.25, 0.3) is 0 Å². The molecule has 0 amide bonds. The first-order valence-electron chi connectivity index (χ1n) is 7.14. The lowest BCUT2D eigenvalue weighted by Crippen LogP contribution is -2.16. The van der Waals surface area contributed by atoms with Crippen molar-refractivity contribution >= 4 is 10.9 Å². The summed E-state index contributed by atoms with van der Waals surface area (Å²) in [5.41, 5.74) is 5.27. The molecule has 0 unspecified atom stereocenters. The largest absolute Gasteiger partial charge is 0.361 e. The van der Waals surface area contributed by atoms with Gasteiger partial charge in [-0.15, -0.1) is 0 Å². The minimum atomic E-state index is 0.933. The second-order valence-electron chi connectivity index (χ2n) is 5.28. The van der Waals surface area contributed by atoms with Gasteiger partial charge in [0.1, 0.15) is 0 Å². The molecular formula is C18H20N2. The highest BCUT2D eigenvalue weighted by molar-refractivity contribution is 5.83. The highest BCUT2D eigenvalue weighted by Gasteiger charge is 2.03. The van der Waals surface area contributed by atoms with Crippen LogP contribution in [0.1, 0.15) is 16.7 Å². The molecule has 0 bridgehead atoms. The maximum Gasteiger partial charge on any atom is 0.0456 e. The summed E-state index contributed by atoms with van der Waals surface area (Å²) in [6.07, 6.45) is 3.19. The van der Waals surface area contributed by atoms with Crippen molar-refractivity contribution in [1.82, 2.24) is 10.3 Å². The van der Waals surface area contributed by atoms with Crippen molar-refractivity contribution in [2.75, 3.05) is 6.54 Å². The van der Waals surface area contributed by atoms with Crippen LogP contribution in [0.15, 0.2) is 54.7 Å².